The third kappa shape index (κ3) is 5.88. The Hall–Kier alpha value is -2.10. The summed E-state index contributed by atoms with van der Waals surface area (Å²) in [5, 5.41) is 2.16. The van der Waals surface area contributed by atoms with Gasteiger partial charge >= 0.3 is 0 Å². The number of ether oxygens (including phenoxy) is 2. The summed E-state index contributed by atoms with van der Waals surface area (Å²) in [6.45, 7) is 6.60. The Kier molecular flexibility index (Phi) is 7.45. The van der Waals surface area contributed by atoms with Crippen LogP contribution < -0.4 is 14.8 Å². The van der Waals surface area contributed by atoms with Crippen LogP contribution in [0.2, 0.25) is 0 Å². The zero-order valence-corrected chi connectivity index (χ0v) is 21.4. The molecule has 1 fully saturated rings. The van der Waals surface area contributed by atoms with Crippen LogP contribution in [0.5, 0.6) is 11.5 Å². The highest BCUT2D eigenvalue weighted by molar-refractivity contribution is 7.96. The van der Waals surface area contributed by atoms with Gasteiger partial charge in [-0.3, -0.25) is 0 Å². The molecule has 1 heterocycles. The summed E-state index contributed by atoms with van der Waals surface area (Å²) in [7, 11) is -4.15. The first-order valence-electron chi connectivity index (χ1n) is 10.9. The summed E-state index contributed by atoms with van der Waals surface area (Å²) in [5.74, 6) is 0.671. The zero-order chi connectivity index (χ0) is 24.4. The van der Waals surface area contributed by atoms with Gasteiger partial charge in [-0.15, -0.1) is 0 Å². The second kappa shape index (κ2) is 9.64. The summed E-state index contributed by atoms with van der Waals surface area (Å²) >= 11 is 0. The molecule has 0 aliphatic carbocycles. The molecule has 1 N–H and O–H groups in total. The predicted molar refractivity (Wildman–Crippen MR) is 130 cm³/mol. The molecule has 0 bridgehead atoms. The molecule has 2 atom stereocenters. The smallest absolute Gasteiger partial charge is 0.183 e. The van der Waals surface area contributed by atoms with E-state index in [9.17, 15) is 16.8 Å². The molecule has 2 aromatic carbocycles. The van der Waals surface area contributed by atoms with E-state index in [4.69, 9.17) is 9.47 Å². The van der Waals surface area contributed by atoms with Gasteiger partial charge in [0, 0.05) is 6.04 Å². The van der Waals surface area contributed by atoms with E-state index in [0.29, 0.717) is 24.5 Å². The van der Waals surface area contributed by atoms with Crippen molar-refractivity contribution in [1.29, 1.82) is 0 Å². The third-order valence-corrected chi connectivity index (χ3v) is 10.2. The minimum absolute atomic E-state index is 0.104. The average Bonchev–Trinajstić information content (AvgIpc) is 3.08. The lowest BCUT2D eigenvalue weighted by Crippen LogP contribution is -2.44. The van der Waals surface area contributed by atoms with E-state index >= 15 is 0 Å². The number of hydrogen-bond donors (Lipinski definition) is 1. The summed E-state index contributed by atoms with van der Waals surface area (Å²) in [6.07, 6.45) is 0.587. The molecule has 0 aromatic heterocycles. The van der Waals surface area contributed by atoms with Crippen LogP contribution in [0.25, 0.3) is 0 Å². The van der Waals surface area contributed by atoms with Crippen molar-refractivity contribution in [1.82, 2.24) is 5.32 Å². The monoisotopic (exact) mass is 495 g/mol. The molecule has 0 spiro atoms. The van der Waals surface area contributed by atoms with Gasteiger partial charge in [0.25, 0.3) is 0 Å². The molecule has 3 rings (SSSR count). The first-order chi connectivity index (χ1) is 15.4. The molecule has 0 saturated carbocycles. The molecule has 9 heteroatoms. The van der Waals surface area contributed by atoms with Crippen LogP contribution in [0.3, 0.4) is 0 Å². The number of rotatable bonds is 8. The van der Waals surface area contributed by atoms with Gasteiger partial charge < -0.3 is 14.8 Å². The van der Waals surface area contributed by atoms with Gasteiger partial charge in [-0.05, 0) is 53.8 Å². The fourth-order valence-corrected chi connectivity index (χ4v) is 8.79. The van der Waals surface area contributed by atoms with Crippen LogP contribution in [0, 0.1) is 0 Å². The van der Waals surface area contributed by atoms with E-state index in [-0.39, 0.29) is 21.8 Å². The van der Waals surface area contributed by atoms with Crippen molar-refractivity contribution < 1.29 is 26.3 Å². The maximum atomic E-state index is 13.3. The molecule has 1 aliphatic heterocycles. The van der Waals surface area contributed by atoms with E-state index in [1.165, 1.54) is 0 Å². The molecule has 7 nitrogen and oxygen atoms in total. The van der Waals surface area contributed by atoms with Crippen molar-refractivity contribution in [3.8, 4) is 11.5 Å². The Morgan fingerprint density at radius 2 is 1.61 bits per heavy atom. The standard InChI is InChI=1S/C24H33NO6S2/c1-24(2,3)18-7-9-19(10-8-18)33(28,29)23-16-32(26,27)15-20(23)25-13-12-17-6-11-21(30-4)22(14-17)31-5/h6-11,14,20,23,25H,12-13,15-16H2,1-5H3/t20-,23+/m1/s1. The fourth-order valence-electron chi connectivity index (χ4n) is 4.07. The zero-order valence-electron chi connectivity index (χ0n) is 19.8. The molecule has 0 radical (unpaired) electrons. The Balaban J connectivity index is 1.75. The molecule has 0 unspecified atom stereocenters. The SMILES string of the molecule is COc1ccc(CCN[C@@H]2CS(=O)(=O)C[C@@H]2S(=O)(=O)c2ccc(C(C)(C)C)cc2)cc1OC. The maximum absolute atomic E-state index is 13.3. The second-order valence-corrected chi connectivity index (χ2v) is 13.8. The lowest BCUT2D eigenvalue weighted by molar-refractivity contribution is 0.354. The van der Waals surface area contributed by atoms with Crippen molar-refractivity contribution >= 4 is 19.7 Å². The van der Waals surface area contributed by atoms with Gasteiger partial charge in [-0.25, -0.2) is 16.8 Å². The van der Waals surface area contributed by atoms with Crippen molar-refractivity contribution in [2.75, 3.05) is 32.3 Å². The molecule has 1 aliphatic rings. The van der Waals surface area contributed by atoms with E-state index in [2.05, 4.69) is 26.1 Å². The second-order valence-electron chi connectivity index (χ2n) is 9.43. The number of sulfone groups is 2. The minimum Gasteiger partial charge on any atom is -0.493 e. The number of nitrogens with one attached hydrogen (secondary N) is 1. The van der Waals surface area contributed by atoms with Crippen LogP contribution >= 0.6 is 0 Å². The first kappa shape index (κ1) is 25.5. The highest BCUT2D eigenvalue weighted by Crippen LogP contribution is 2.30. The topological polar surface area (TPSA) is 98.8 Å². The summed E-state index contributed by atoms with van der Waals surface area (Å²) in [6, 6.07) is 11.7. The van der Waals surface area contributed by atoms with Gasteiger partial charge in [0.1, 0.15) is 0 Å². The number of benzene rings is 2. The van der Waals surface area contributed by atoms with Crippen LogP contribution in [-0.4, -0.2) is 60.4 Å². The quantitative estimate of drug-likeness (QED) is 0.601. The summed E-state index contributed by atoms with van der Waals surface area (Å²) < 4.78 is 62.0. The molecule has 2 aromatic rings. The summed E-state index contributed by atoms with van der Waals surface area (Å²) in [5.41, 5.74) is 1.89. The minimum atomic E-state index is -3.81. The predicted octanol–water partition coefficient (Wildman–Crippen LogP) is 2.77. The molecular weight excluding hydrogens is 462 g/mol. The van der Waals surface area contributed by atoms with Crippen molar-refractivity contribution in [2.45, 2.75) is 48.8 Å². The van der Waals surface area contributed by atoms with Gasteiger partial charge in [0.2, 0.25) is 0 Å². The molecule has 182 valence electrons. The van der Waals surface area contributed by atoms with Crippen molar-refractivity contribution in [2.24, 2.45) is 0 Å². The Bertz CT molecular complexity index is 1180. The number of methoxy groups -OCH3 is 2. The van der Waals surface area contributed by atoms with E-state index in [1.54, 1.807) is 38.5 Å². The Morgan fingerprint density at radius 3 is 2.18 bits per heavy atom. The first-order valence-corrected chi connectivity index (χ1v) is 14.2. The molecule has 33 heavy (non-hydrogen) atoms. The normalized spacial score (nSPS) is 20.5. The Labute approximate surface area is 197 Å². The molecule has 1 saturated heterocycles. The van der Waals surface area contributed by atoms with Crippen molar-refractivity contribution in [3.63, 3.8) is 0 Å². The van der Waals surface area contributed by atoms with Crippen LogP contribution in [0.4, 0.5) is 0 Å². The largest absolute Gasteiger partial charge is 0.493 e. The highest BCUT2D eigenvalue weighted by atomic mass is 32.2. The number of hydrogen-bond acceptors (Lipinski definition) is 7. The van der Waals surface area contributed by atoms with Gasteiger partial charge in [0.05, 0.1) is 35.9 Å². The third-order valence-electron chi connectivity index (χ3n) is 6.02. The molecule has 0 amide bonds. The Morgan fingerprint density at radius 1 is 0.970 bits per heavy atom. The van der Waals surface area contributed by atoms with Gasteiger partial charge in [0.15, 0.2) is 31.2 Å². The summed E-state index contributed by atoms with van der Waals surface area (Å²) in [4.78, 5) is 0.157. The lowest BCUT2D eigenvalue weighted by Gasteiger charge is -2.22. The molecular formula is C24H33NO6S2. The van der Waals surface area contributed by atoms with Crippen molar-refractivity contribution in [3.05, 3.63) is 53.6 Å². The van der Waals surface area contributed by atoms with Gasteiger partial charge in [-0.2, -0.15) is 0 Å². The fraction of sp³-hybridized carbons (Fsp3) is 0.500. The highest BCUT2D eigenvalue weighted by Gasteiger charge is 2.45. The maximum Gasteiger partial charge on any atom is 0.183 e. The van der Waals surface area contributed by atoms with Gasteiger partial charge in [-0.1, -0.05) is 39.0 Å². The lowest BCUT2D eigenvalue weighted by atomic mass is 9.87. The average molecular weight is 496 g/mol. The van der Waals surface area contributed by atoms with Crippen LogP contribution in [0.15, 0.2) is 47.4 Å². The van der Waals surface area contributed by atoms with E-state index in [0.717, 1.165) is 11.1 Å². The van der Waals surface area contributed by atoms with Crippen LogP contribution in [-0.2, 0) is 31.5 Å². The van der Waals surface area contributed by atoms with E-state index in [1.807, 2.05) is 18.2 Å². The van der Waals surface area contributed by atoms with Crippen LogP contribution in [0.1, 0.15) is 31.9 Å². The van der Waals surface area contributed by atoms with E-state index < -0.39 is 31.0 Å².